The summed E-state index contributed by atoms with van der Waals surface area (Å²) in [6.45, 7) is 0. The summed E-state index contributed by atoms with van der Waals surface area (Å²) in [6.07, 6.45) is 2.55. The highest BCUT2D eigenvalue weighted by Crippen LogP contribution is 2.52. The maximum Gasteiger partial charge on any atom is 0.143 e. The van der Waals surface area contributed by atoms with Crippen LogP contribution in [-0.2, 0) is 4.79 Å². The zero-order chi connectivity index (χ0) is 19.7. The van der Waals surface area contributed by atoms with E-state index in [0.717, 1.165) is 41.9 Å². The lowest BCUT2D eigenvalue weighted by Crippen LogP contribution is -2.50. The maximum absolute atomic E-state index is 13.3. The Hall–Kier alpha value is -2.89. The Balaban J connectivity index is 1.78. The predicted molar refractivity (Wildman–Crippen MR) is 105 cm³/mol. The van der Waals surface area contributed by atoms with Gasteiger partial charge in [0.1, 0.15) is 17.3 Å². The number of hydrogen-bond acceptors (Lipinski definition) is 5. The third kappa shape index (κ3) is 3.03. The molecule has 1 heterocycles. The Labute approximate surface area is 164 Å². The molecular formula is C22H24N2O4. The third-order valence-electron chi connectivity index (χ3n) is 6.10. The number of carbonyl (C=O) groups excluding carboxylic acids is 1. The molecule has 4 rings (SSSR count). The topological polar surface area (TPSA) is 68.2 Å². The van der Waals surface area contributed by atoms with Crippen LogP contribution >= 0.6 is 0 Å². The fourth-order valence-corrected chi connectivity index (χ4v) is 4.76. The minimum absolute atomic E-state index is 0.209. The maximum atomic E-state index is 13.3. The SMILES string of the molecule is COc1ccc(C2C3CCCC(C3=O)C(c3ccc(OC)cc3)N2N=O)cc1. The van der Waals surface area contributed by atoms with Gasteiger partial charge < -0.3 is 9.47 Å². The lowest BCUT2D eigenvalue weighted by Gasteiger charge is -2.49. The number of nitrogens with zero attached hydrogens (tertiary/aromatic N) is 2. The summed E-state index contributed by atoms with van der Waals surface area (Å²) in [6, 6.07) is 14.4. The van der Waals surface area contributed by atoms with Gasteiger partial charge >= 0.3 is 0 Å². The number of carbonyl (C=O) groups is 1. The number of hydrogen-bond donors (Lipinski definition) is 0. The van der Waals surface area contributed by atoms with Gasteiger partial charge in [-0.1, -0.05) is 30.7 Å². The predicted octanol–water partition coefficient (Wildman–Crippen LogP) is 4.47. The van der Waals surface area contributed by atoms with Gasteiger partial charge in [0.25, 0.3) is 0 Å². The summed E-state index contributed by atoms with van der Waals surface area (Å²) < 4.78 is 10.5. The summed E-state index contributed by atoms with van der Waals surface area (Å²) >= 11 is 0. The van der Waals surface area contributed by atoms with Crippen LogP contribution in [0.5, 0.6) is 11.5 Å². The quantitative estimate of drug-likeness (QED) is 0.716. The first-order valence-electron chi connectivity index (χ1n) is 9.61. The Morgan fingerprint density at radius 2 is 1.25 bits per heavy atom. The highest BCUT2D eigenvalue weighted by Gasteiger charge is 2.51. The van der Waals surface area contributed by atoms with Crippen molar-refractivity contribution in [2.24, 2.45) is 17.1 Å². The lowest BCUT2D eigenvalue weighted by molar-refractivity contribution is -0.144. The fourth-order valence-electron chi connectivity index (χ4n) is 4.76. The van der Waals surface area contributed by atoms with Crippen molar-refractivity contribution in [3.63, 3.8) is 0 Å². The van der Waals surface area contributed by atoms with Crippen molar-refractivity contribution < 1.29 is 14.3 Å². The van der Waals surface area contributed by atoms with Gasteiger partial charge in [0.2, 0.25) is 0 Å². The van der Waals surface area contributed by atoms with Gasteiger partial charge in [-0.25, -0.2) is 5.01 Å². The molecule has 2 bridgehead atoms. The summed E-state index contributed by atoms with van der Waals surface area (Å²) in [5.41, 5.74) is 1.83. The van der Waals surface area contributed by atoms with Gasteiger partial charge in [0.05, 0.1) is 31.6 Å². The van der Waals surface area contributed by atoms with E-state index < -0.39 is 0 Å². The van der Waals surface area contributed by atoms with Gasteiger partial charge in [0, 0.05) is 11.8 Å². The van der Waals surface area contributed by atoms with E-state index in [-0.39, 0.29) is 29.7 Å². The van der Waals surface area contributed by atoms with Crippen molar-refractivity contribution >= 4 is 5.78 Å². The zero-order valence-corrected chi connectivity index (χ0v) is 16.1. The number of nitroso groups, excluding NO2 is 1. The van der Waals surface area contributed by atoms with Gasteiger partial charge in [0.15, 0.2) is 0 Å². The molecule has 1 aliphatic heterocycles. The van der Waals surface area contributed by atoms with E-state index in [0.29, 0.717) is 0 Å². The zero-order valence-electron chi connectivity index (χ0n) is 16.1. The Kier molecular flexibility index (Phi) is 5.03. The average Bonchev–Trinajstić information content (AvgIpc) is 2.74. The number of benzene rings is 2. The average molecular weight is 380 g/mol. The van der Waals surface area contributed by atoms with Crippen LogP contribution in [0.3, 0.4) is 0 Å². The van der Waals surface area contributed by atoms with Crippen molar-refractivity contribution in [1.82, 2.24) is 5.01 Å². The third-order valence-corrected chi connectivity index (χ3v) is 6.10. The first kappa shape index (κ1) is 18.5. The number of Topliss-reactive ketones (excluding diaryl/α,β-unsaturated/α-hetero) is 1. The molecule has 0 spiro atoms. The molecule has 0 radical (unpaired) electrons. The van der Waals surface area contributed by atoms with Crippen molar-refractivity contribution in [3.05, 3.63) is 64.6 Å². The highest BCUT2D eigenvalue weighted by molar-refractivity contribution is 5.87. The van der Waals surface area contributed by atoms with Crippen LogP contribution in [0.25, 0.3) is 0 Å². The van der Waals surface area contributed by atoms with Crippen LogP contribution in [0.15, 0.2) is 53.8 Å². The minimum atomic E-state index is -0.362. The molecule has 146 valence electrons. The van der Waals surface area contributed by atoms with Crippen molar-refractivity contribution in [2.45, 2.75) is 31.3 Å². The smallest absolute Gasteiger partial charge is 0.143 e. The molecule has 28 heavy (non-hydrogen) atoms. The van der Waals surface area contributed by atoms with E-state index in [2.05, 4.69) is 5.29 Å². The molecule has 0 amide bonds. The molecule has 2 aliphatic rings. The van der Waals surface area contributed by atoms with Crippen LogP contribution in [0, 0.1) is 16.7 Å². The van der Waals surface area contributed by atoms with Crippen LogP contribution in [-0.4, -0.2) is 25.0 Å². The van der Waals surface area contributed by atoms with Crippen LogP contribution in [0.2, 0.25) is 0 Å². The standard InChI is InChI=1S/C22H24N2O4/c1-27-16-10-6-14(7-11-16)20-18-4-3-5-19(22(18)25)21(24(20)23-26)15-8-12-17(28-2)13-9-15/h6-13,18-21H,3-5H2,1-2H3. The molecule has 1 saturated carbocycles. The number of methoxy groups -OCH3 is 2. The summed E-state index contributed by atoms with van der Waals surface area (Å²) in [5, 5.41) is 5.04. The molecule has 2 aromatic rings. The molecule has 0 aromatic heterocycles. The van der Waals surface area contributed by atoms with Crippen molar-refractivity contribution in [2.75, 3.05) is 14.2 Å². The van der Waals surface area contributed by atoms with Gasteiger partial charge in [-0.3, -0.25) is 4.79 Å². The van der Waals surface area contributed by atoms with E-state index in [9.17, 15) is 9.70 Å². The van der Waals surface area contributed by atoms with E-state index in [1.807, 2.05) is 48.5 Å². The van der Waals surface area contributed by atoms with Gasteiger partial charge in [-0.2, -0.15) is 0 Å². The van der Waals surface area contributed by atoms with Gasteiger partial charge in [-0.15, -0.1) is 4.91 Å². The van der Waals surface area contributed by atoms with E-state index >= 15 is 0 Å². The molecular weight excluding hydrogens is 356 g/mol. The highest BCUT2D eigenvalue weighted by atomic mass is 16.5. The van der Waals surface area contributed by atoms with Crippen LogP contribution < -0.4 is 9.47 Å². The Morgan fingerprint density at radius 1 is 0.821 bits per heavy atom. The van der Waals surface area contributed by atoms with E-state index in [4.69, 9.17) is 9.47 Å². The summed E-state index contributed by atoms with van der Waals surface area (Å²) in [4.78, 5) is 25.3. The molecule has 1 saturated heterocycles. The number of rotatable bonds is 5. The minimum Gasteiger partial charge on any atom is -0.497 e. The Bertz CT molecular complexity index is 784. The van der Waals surface area contributed by atoms with Crippen LogP contribution in [0.4, 0.5) is 0 Å². The molecule has 0 N–H and O–H groups in total. The van der Waals surface area contributed by atoms with E-state index in [1.54, 1.807) is 19.2 Å². The summed E-state index contributed by atoms with van der Waals surface area (Å²) in [7, 11) is 3.23. The monoisotopic (exact) mass is 380 g/mol. The molecule has 2 fully saturated rings. The molecule has 6 heteroatoms. The molecule has 2 aromatic carbocycles. The van der Waals surface area contributed by atoms with E-state index in [1.165, 1.54) is 0 Å². The normalized spacial score (nSPS) is 26.6. The molecule has 1 aliphatic carbocycles. The second kappa shape index (κ2) is 7.62. The second-order valence-electron chi connectivity index (χ2n) is 7.44. The second-order valence-corrected chi connectivity index (χ2v) is 7.44. The summed E-state index contributed by atoms with van der Waals surface area (Å²) in [5.74, 6) is 1.31. The largest absolute Gasteiger partial charge is 0.497 e. The number of fused-ring (bicyclic) bond motifs is 2. The first-order chi connectivity index (χ1) is 13.7. The fraction of sp³-hybridized carbons (Fsp3) is 0.409. The Morgan fingerprint density at radius 3 is 1.61 bits per heavy atom. The molecule has 4 unspecified atom stereocenters. The molecule has 4 atom stereocenters. The molecule has 6 nitrogen and oxygen atoms in total. The number of ether oxygens (including phenoxy) is 2. The number of ketones is 1. The van der Waals surface area contributed by atoms with Gasteiger partial charge in [-0.05, 0) is 48.2 Å². The van der Waals surface area contributed by atoms with Crippen LogP contribution in [0.1, 0.15) is 42.5 Å². The van der Waals surface area contributed by atoms with Crippen molar-refractivity contribution in [1.29, 1.82) is 0 Å². The number of piperidine rings is 1. The van der Waals surface area contributed by atoms with Crippen molar-refractivity contribution in [3.8, 4) is 11.5 Å². The first-order valence-corrected chi connectivity index (χ1v) is 9.61. The lowest BCUT2D eigenvalue weighted by atomic mass is 9.67.